The Morgan fingerprint density at radius 2 is 1.40 bits per heavy atom. The Balaban J connectivity index is -0.0000000450. The summed E-state index contributed by atoms with van der Waals surface area (Å²) >= 11 is 8.90. The molecule has 0 aromatic carbocycles. The summed E-state index contributed by atoms with van der Waals surface area (Å²) in [5, 5.41) is 0. The third kappa shape index (κ3) is 10.9. The second kappa shape index (κ2) is 9.01. The number of hydrogen-bond donors (Lipinski definition) is 0. The van der Waals surface area contributed by atoms with Crippen LogP contribution in [0, 0.1) is 0 Å². The van der Waals surface area contributed by atoms with Crippen molar-refractivity contribution >= 4 is 45.0 Å². The Bertz CT molecular complexity index is 13.5. The topological polar surface area (TPSA) is 0 Å². The van der Waals surface area contributed by atoms with E-state index in [1.54, 1.807) is 0 Å². The molecule has 0 aliphatic rings. The molecule has 0 saturated carbocycles. The molecule has 0 spiro atoms. The molecule has 0 bridgehead atoms. The minimum Gasteiger partial charge on any atom is -0.794 e. The normalized spacial score (nSPS) is 6.00. The van der Waals surface area contributed by atoms with Crippen molar-refractivity contribution in [3.63, 3.8) is 0 Å². The van der Waals surface area contributed by atoms with E-state index in [0.29, 0.717) is 0 Å². The molecule has 0 nitrogen and oxygen atoms in total. The molecular weight excluding hydrogens is 158 g/mol. The molecule has 0 rings (SSSR count). The maximum atomic E-state index is 4.45. The summed E-state index contributed by atoms with van der Waals surface area (Å²) in [6, 6.07) is 0. The molecule has 0 atom stereocenters. The van der Waals surface area contributed by atoms with Gasteiger partial charge in [0.15, 0.2) is 0 Å². The van der Waals surface area contributed by atoms with Gasteiger partial charge in [-0.3, -0.25) is 0 Å². The summed E-state index contributed by atoms with van der Waals surface area (Å²) in [7, 11) is 0. The van der Waals surface area contributed by atoms with E-state index >= 15 is 0 Å². The largest absolute Gasteiger partial charge is 0.794 e. The van der Waals surface area contributed by atoms with Crippen LogP contribution in [-0.4, -0.2) is 31.3 Å². The van der Waals surface area contributed by atoms with Gasteiger partial charge >= 0.3 is 0 Å². The van der Waals surface area contributed by atoms with Crippen molar-refractivity contribution in [2.75, 3.05) is 11.5 Å². The van der Waals surface area contributed by atoms with Crippen LogP contribution >= 0.6 is 0 Å². The van der Waals surface area contributed by atoms with Crippen molar-refractivity contribution in [2.45, 2.75) is 0 Å². The molecule has 0 unspecified atom stereocenters. The fourth-order valence-corrected chi connectivity index (χ4v) is 0. The summed E-state index contributed by atoms with van der Waals surface area (Å²) in [4.78, 5) is 0. The van der Waals surface area contributed by atoms with Crippen LogP contribution in [0.2, 0.25) is 0 Å². The summed E-state index contributed by atoms with van der Waals surface area (Å²) in [5.41, 5.74) is 0. The molecular formula is C2H6GaS2-2. The SMILES string of the molecule is [Ga].[HH].[S-]CC[S-]. The molecule has 3 heteroatoms. The fraction of sp³-hybridized carbons (Fsp3) is 1.00. The van der Waals surface area contributed by atoms with Crippen molar-refractivity contribution < 1.29 is 1.43 Å². The molecule has 0 aliphatic carbocycles. The Morgan fingerprint density at radius 3 is 1.40 bits per heavy atom. The molecule has 0 N–H and O–H groups in total. The van der Waals surface area contributed by atoms with Gasteiger partial charge in [0.05, 0.1) is 0 Å². The maximum absolute atomic E-state index is 4.45. The minimum atomic E-state index is 0. The van der Waals surface area contributed by atoms with Crippen LogP contribution in [0.15, 0.2) is 0 Å². The maximum Gasteiger partial charge on any atom is 0 e. The molecule has 0 heterocycles. The van der Waals surface area contributed by atoms with E-state index in [2.05, 4.69) is 25.3 Å². The van der Waals surface area contributed by atoms with E-state index in [0.717, 1.165) is 11.5 Å². The van der Waals surface area contributed by atoms with Crippen LogP contribution in [-0.2, 0) is 25.3 Å². The van der Waals surface area contributed by atoms with Crippen molar-refractivity contribution in [2.24, 2.45) is 0 Å². The van der Waals surface area contributed by atoms with Gasteiger partial charge in [0.2, 0.25) is 0 Å². The average Bonchev–Trinajstić information content (AvgIpc) is 1.37. The summed E-state index contributed by atoms with van der Waals surface area (Å²) in [6.07, 6.45) is 0. The molecule has 0 fully saturated rings. The second-order valence-corrected chi connectivity index (χ2v) is 1.22. The fourth-order valence-electron chi connectivity index (χ4n) is 0. The third-order valence-electron chi connectivity index (χ3n) is 0.0833. The molecule has 0 aromatic rings. The van der Waals surface area contributed by atoms with Crippen LogP contribution < -0.4 is 0 Å². The van der Waals surface area contributed by atoms with E-state index in [1.165, 1.54) is 0 Å². The molecule has 3 radical (unpaired) electrons. The average molecular weight is 164 g/mol. The second-order valence-electron chi connectivity index (χ2n) is 0.408. The Morgan fingerprint density at radius 1 is 1.20 bits per heavy atom. The van der Waals surface area contributed by atoms with Gasteiger partial charge in [-0.05, 0) is 0 Å². The zero-order valence-corrected chi connectivity index (χ0v) is 6.86. The van der Waals surface area contributed by atoms with Crippen molar-refractivity contribution in [1.29, 1.82) is 0 Å². The van der Waals surface area contributed by atoms with E-state index in [4.69, 9.17) is 0 Å². The van der Waals surface area contributed by atoms with Crippen LogP contribution in [0.1, 0.15) is 1.43 Å². The first-order valence-electron chi connectivity index (χ1n) is 1.08. The first-order chi connectivity index (χ1) is 1.91. The van der Waals surface area contributed by atoms with Gasteiger partial charge < -0.3 is 25.3 Å². The van der Waals surface area contributed by atoms with Gasteiger partial charge in [0.25, 0.3) is 0 Å². The van der Waals surface area contributed by atoms with Crippen molar-refractivity contribution in [3.8, 4) is 0 Å². The predicted molar refractivity (Wildman–Crippen MR) is 32.3 cm³/mol. The molecule has 0 saturated heterocycles. The zero-order chi connectivity index (χ0) is 3.41. The van der Waals surface area contributed by atoms with Crippen LogP contribution in [0.5, 0.6) is 0 Å². The molecule has 5 heavy (non-hydrogen) atoms. The molecule has 0 amide bonds. The minimum absolute atomic E-state index is 0. The quantitative estimate of drug-likeness (QED) is 0.393. The summed E-state index contributed by atoms with van der Waals surface area (Å²) < 4.78 is 0. The van der Waals surface area contributed by atoms with E-state index in [-0.39, 0.29) is 21.2 Å². The van der Waals surface area contributed by atoms with Gasteiger partial charge in [0.1, 0.15) is 0 Å². The molecule has 31 valence electrons. The van der Waals surface area contributed by atoms with Gasteiger partial charge in [-0.1, -0.05) is 0 Å². The van der Waals surface area contributed by atoms with E-state index < -0.39 is 0 Å². The monoisotopic (exact) mass is 163 g/mol. The first kappa shape index (κ1) is 9.60. The Labute approximate surface area is 58.1 Å². The van der Waals surface area contributed by atoms with E-state index in [9.17, 15) is 0 Å². The number of rotatable bonds is 1. The summed E-state index contributed by atoms with van der Waals surface area (Å²) in [5.74, 6) is 1.44. The first-order valence-corrected chi connectivity index (χ1v) is 2.23. The third-order valence-corrected chi connectivity index (χ3v) is 0.750. The molecule has 0 aliphatic heterocycles. The predicted octanol–water partition coefficient (Wildman–Crippen LogP) is -0.0546. The standard InChI is InChI=1S/C2H6S2.Ga.H2/c3-1-2-4;;/h3-4H,1-2H2;;1H/p-2. The van der Waals surface area contributed by atoms with E-state index in [1.807, 2.05) is 0 Å². The smallest absolute Gasteiger partial charge is 0 e. The van der Waals surface area contributed by atoms with Crippen LogP contribution in [0.4, 0.5) is 0 Å². The van der Waals surface area contributed by atoms with Crippen molar-refractivity contribution in [3.05, 3.63) is 0 Å². The van der Waals surface area contributed by atoms with Crippen LogP contribution in [0.25, 0.3) is 0 Å². The van der Waals surface area contributed by atoms with Crippen LogP contribution in [0.3, 0.4) is 0 Å². The Kier molecular flexibility index (Phi) is 17.3. The van der Waals surface area contributed by atoms with Gasteiger partial charge in [0, 0.05) is 21.2 Å². The van der Waals surface area contributed by atoms with Crippen molar-refractivity contribution in [1.82, 2.24) is 0 Å². The summed E-state index contributed by atoms with van der Waals surface area (Å²) in [6.45, 7) is 0. The van der Waals surface area contributed by atoms with Gasteiger partial charge in [-0.2, -0.15) is 11.5 Å². The van der Waals surface area contributed by atoms with Gasteiger partial charge in [-0.25, -0.2) is 0 Å². The van der Waals surface area contributed by atoms with Gasteiger partial charge in [-0.15, -0.1) is 0 Å². The number of hydrogen-bond acceptors (Lipinski definition) is 2. The zero-order valence-electron chi connectivity index (χ0n) is 2.81. The Hall–Kier alpha value is 1.34. The molecule has 0 aromatic heterocycles.